The molecule has 1 saturated heterocycles. The maximum absolute atomic E-state index is 12.3. The van der Waals surface area contributed by atoms with Gasteiger partial charge in [-0.3, -0.25) is 4.79 Å². The van der Waals surface area contributed by atoms with Crippen LogP contribution < -0.4 is 0 Å². The maximum atomic E-state index is 12.3. The Bertz CT molecular complexity index is 855. The van der Waals surface area contributed by atoms with Gasteiger partial charge in [0.1, 0.15) is 0 Å². The molecule has 8 heteroatoms. The second kappa shape index (κ2) is 10.2. The summed E-state index contributed by atoms with van der Waals surface area (Å²) >= 11 is 2.79. The average molecular weight is 435 g/mol. The van der Waals surface area contributed by atoms with E-state index in [1.54, 1.807) is 0 Å². The summed E-state index contributed by atoms with van der Waals surface area (Å²) in [6.45, 7) is 2.66. The van der Waals surface area contributed by atoms with Gasteiger partial charge in [-0.15, -0.1) is 11.3 Å². The average Bonchev–Trinajstić information content (AvgIpc) is 3.28. The summed E-state index contributed by atoms with van der Waals surface area (Å²) in [4.78, 5) is 29.1. The lowest BCUT2D eigenvalue weighted by molar-refractivity contribution is -0.128. The first-order chi connectivity index (χ1) is 13.9. The number of rotatable bonds is 10. The predicted octanol–water partition coefficient (Wildman–Crippen LogP) is 3.62. The first-order valence-corrected chi connectivity index (χ1v) is 11.6. The minimum atomic E-state index is -1.02. The molecule has 0 spiro atoms. The summed E-state index contributed by atoms with van der Waals surface area (Å²) in [5.41, 5.74) is 2.39. The highest BCUT2D eigenvalue weighted by molar-refractivity contribution is 8.01. The van der Waals surface area contributed by atoms with Crippen LogP contribution in [0.2, 0.25) is 0 Å². The largest absolute Gasteiger partial charge is 0.476 e. The summed E-state index contributed by atoms with van der Waals surface area (Å²) in [6, 6.07) is 8.35. The minimum Gasteiger partial charge on any atom is -0.476 e. The Morgan fingerprint density at radius 2 is 2.28 bits per heavy atom. The Balaban J connectivity index is 1.44. The Hall–Kier alpha value is -1.90. The molecule has 29 heavy (non-hydrogen) atoms. The van der Waals surface area contributed by atoms with Crippen molar-refractivity contribution in [3.05, 3.63) is 46.5 Å². The van der Waals surface area contributed by atoms with E-state index in [2.05, 4.69) is 11.1 Å². The van der Waals surface area contributed by atoms with Gasteiger partial charge in [0.25, 0.3) is 0 Å². The van der Waals surface area contributed by atoms with Crippen molar-refractivity contribution >= 4 is 35.0 Å². The number of aliphatic hydroxyl groups is 1. The van der Waals surface area contributed by atoms with Crippen LogP contribution in [-0.4, -0.2) is 56.4 Å². The Labute approximate surface area is 179 Å². The number of thiazole rings is 1. The first kappa shape index (κ1) is 21.8. The van der Waals surface area contributed by atoms with Crippen LogP contribution in [0.25, 0.3) is 0 Å². The van der Waals surface area contributed by atoms with Crippen LogP contribution in [0.3, 0.4) is 0 Å². The van der Waals surface area contributed by atoms with Gasteiger partial charge in [0, 0.05) is 30.1 Å². The highest BCUT2D eigenvalue weighted by Gasteiger charge is 2.30. The summed E-state index contributed by atoms with van der Waals surface area (Å²) in [5.74, 6) is -0.179. The molecule has 1 fully saturated rings. The lowest BCUT2D eigenvalue weighted by Crippen LogP contribution is -2.35. The van der Waals surface area contributed by atoms with Gasteiger partial charge in [0.05, 0.1) is 6.10 Å². The number of amides is 1. The Morgan fingerprint density at radius 1 is 1.45 bits per heavy atom. The van der Waals surface area contributed by atoms with Gasteiger partial charge in [0.2, 0.25) is 5.91 Å². The third-order valence-corrected chi connectivity index (χ3v) is 7.10. The van der Waals surface area contributed by atoms with E-state index in [0.717, 1.165) is 18.4 Å². The lowest BCUT2D eigenvalue weighted by Gasteiger charge is -2.25. The Kier molecular flexibility index (Phi) is 7.69. The number of hydrogen-bond acceptors (Lipinski definition) is 6. The normalized spacial score (nSPS) is 17.7. The van der Waals surface area contributed by atoms with E-state index in [9.17, 15) is 14.7 Å². The van der Waals surface area contributed by atoms with Crippen molar-refractivity contribution in [2.24, 2.45) is 0 Å². The molecule has 2 atom stereocenters. The highest BCUT2D eigenvalue weighted by Crippen LogP contribution is 2.27. The number of carbonyl (C=O) groups is 2. The third-order valence-electron chi connectivity index (χ3n) is 5.10. The summed E-state index contributed by atoms with van der Waals surface area (Å²) in [7, 11) is 0. The molecule has 1 aliphatic rings. The number of benzene rings is 1. The number of carbonyl (C=O) groups excluding carboxylic acids is 1. The van der Waals surface area contributed by atoms with Gasteiger partial charge in [-0.05, 0) is 38.2 Å². The number of aromatic nitrogens is 1. The molecule has 2 N–H and O–H groups in total. The summed E-state index contributed by atoms with van der Waals surface area (Å²) in [6.07, 6.45) is 3.08. The molecule has 0 aliphatic carbocycles. The van der Waals surface area contributed by atoms with E-state index in [0.29, 0.717) is 35.9 Å². The standard InChI is InChI=1S/C21H26N2O4S2/c1-14-3-2-4-15(11-14)12-17(24)7-5-16-6-8-19(25)23(16)9-10-28-21-22-18(13-29-21)20(26)27/h2-4,11,13,16-17,24H,5-10,12H2,1H3,(H,26,27)/t16-,17+/m0/s1. The number of aromatic carboxylic acids is 1. The molecule has 1 aromatic carbocycles. The highest BCUT2D eigenvalue weighted by atomic mass is 32.2. The van der Waals surface area contributed by atoms with E-state index in [-0.39, 0.29) is 17.6 Å². The van der Waals surface area contributed by atoms with E-state index < -0.39 is 12.1 Å². The number of carboxylic acid groups (broad SMARTS) is 1. The van der Waals surface area contributed by atoms with Crippen LogP contribution >= 0.6 is 23.1 Å². The van der Waals surface area contributed by atoms with Crippen LogP contribution in [0.5, 0.6) is 0 Å². The van der Waals surface area contributed by atoms with Crippen LogP contribution in [0.4, 0.5) is 0 Å². The number of thioether (sulfide) groups is 1. The molecule has 0 unspecified atom stereocenters. The predicted molar refractivity (Wildman–Crippen MR) is 115 cm³/mol. The molecular formula is C21H26N2O4S2. The van der Waals surface area contributed by atoms with Crippen molar-refractivity contribution in [3.8, 4) is 0 Å². The van der Waals surface area contributed by atoms with Gasteiger partial charge in [-0.25, -0.2) is 9.78 Å². The van der Waals surface area contributed by atoms with Crippen molar-refractivity contribution in [1.29, 1.82) is 0 Å². The lowest BCUT2D eigenvalue weighted by atomic mass is 9.99. The van der Waals surface area contributed by atoms with E-state index >= 15 is 0 Å². The summed E-state index contributed by atoms with van der Waals surface area (Å²) < 4.78 is 0.708. The van der Waals surface area contributed by atoms with E-state index in [1.807, 2.05) is 30.0 Å². The topological polar surface area (TPSA) is 90.7 Å². The minimum absolute atomic E-state index is 0.0650. The van der Waals surface area contributed by atoms with E-state index in [4.69, 9.17) is 5.11 Å². The summed E-state index contributed by atoms with van der Waals surface area (Å²) in [5, 5.41) is 20.9. The first-order valence-electron chi connectivity index (χ1n) is 9.77. The molecule has 2 aromatic rings. The second-order valence-corrected chi connectivity index (χ2v) is 9.56. The molecule has 2 heterocycles. The van der Waals surface area contributed by atoms with Crippen molar-refractivity contribution in [3.63, 3.8) is 0 Å². The van der Waals surface area contributed by atoms with Crippen molar-refractivity contribution in [2.75, 3.05) is 12.3 Å². The molecule has 156 valence electrons. The SMILES string of the molecule is Cc1cccc(C[C@H](O)CC[C@H]2CCC(=O)N2CCSc2nc(C(=O)O)cs2)c1. The number of nitrogens with zero attached hydrogens (tertiary/aromatic N) is 2. The zero-order valence-electron chi connectivity index (χ0n) is 16.4. The number of carboxylic acids is 1. The molecule has 0 saturated carbocycles. The molecule has 1 aromatic heterocycles. The van der Waals surface area contributed by atoms with Crippen LogP contribution in [-0.2, 0) is 11.2 Å². The Morgan fingerprint density at radius 3 is 3.00 bits per heavy atom. The zero-order valence-corrected chi connectivity index (χ0v) is 18.0. The molecule has 3 rings (SSSR count). The second-order valence-electron chi connectivity index (χ2n) is 7.36. The van der Waals surface area contributed by atoms with Gasteiger partial charge in [-0.2, -0.15) is 0 Å². The van der Waals surface area contributed by atoms with E-state index in [1.165, 1.54) is 34.0 Å². The van der Waals surface area contributed by atoms with Crippen LogP contribution in [0.15, 0.2) is 34.0 Å². The number of aryl methyl sites for hydroxylation is 1. The fourth-order valence-corrected chi connectivity index (χ4v) is 5.46. The number of aliphatic hydroxyl groups excluding tert-OH is 1. The maximum Gasteiger partial charge on any atom is 0.355 e. The fourth-order valence-electron chi connectivity index (χ4n) is 3.65. The van der Waals surface area contributed by atoms with Crippen molar-refractivity contribution in [1.82, 2.24) is 9.88 Å². The van der Waals surface area contributed by atoms with Crippen molar-refractivity contribution in [2.45, 2.75) is 55.5 Å². The molecule has 1 aliphatic heterocycles. The molecule has 6 nitrogen and oxygen atoms in total. The molecule has 0 radical (unpaired) electrons. The molecule has 0 bridgehead atoms. The van der Waals surface area contributed by atoms with Gasteiger partial charge in [-0.1, -0.05) is 41.6 Å². The van der Waals surface area contributed by atoms with Gasteiger partial charge < -0.3 is 15.1 Å². The third kappa shape index (κ3) is 6.29. The smallest absolute Gasteiger partial charge is 0.355 e. The number of hydrogen-bond donors (Lipinski definition) is 2. The van der Waals surface area contributed by atoms with Crippen LogP contribution in [0, 0.1) is 6.92 Å². The molecular weight excluding hydrogens is 408 g/mol. The van der Waals surface area contributed by atoms with Gasteiger partial charge >= 0.3 is 5.97 Å². The van der Waals surface area contributed by atoms with Crippen molar-refractivity contribution < 1.29 is 19.8 Å². The van der Waals surface area contributed by atoms with Gasteiger partial charge in [0.15, 0.2) is 10.0 Å². The fraction of sp³-hybridized carbons (Fsp3) is 0.476. The quantitative estimate of drug-likeness (QED) is 0.555. The monoisotopic (exact) mass is 434 g/mol. The van der Waals surface area contributed by atoms with Crippen LogP contribution in [0.1, 0.15) is 47.3 Å². The number of likely N-dealkylation sites (tertiary alicyclic amines) is 1. The molecule has 1 amide bonds. The zero-order chi connectivity index (χ0) is 20.8.